The zero-order chi connectivity index (χ0) is 15.3. The number of nitrogens with one attached hydrogen (secondary N) is 1. The number of carboxylic acid groups (broad SMARTS) is 1. The third kappa shape index (κ3) is 3.15. The number of carbonyl (C=O) groups excluding carboxylic acids is 1. The lowest BCUT2D eigenvalue weighted by atomic mass is 9.93. The van der Waals surface area contributed by atoms with Crippen LogP contribution < -0.4 is 5.32 Å². The molecule has 0 bridgehead atoms. The van der Waals surface area contributed by atoms with E-state index in [0.717, 1.165) is 12.0 Å². The van der Waals surface area contributed by atoms with Gasteiger partial charge in [0, 0.05) is 25.5 Å². The number of rotatable bonds is 5. The van der Waals surface area contributed by atoms with E-state index in [1.807, 2.05) is 19.1 Å². The van der Waals surface area contributed by atoms with Crippen LogP contribution >= 0.6 is 0 Å². The molecule has 0 saturated carbocycles. The van der Waals surface area contributed by atoms with Crippen molar-refractivity contribution in [3.63, 3.8) is 0 Å². The van der Waals surface area contributed by atoms with Crippen molar-refractivity contribution < 1.29 is 14.7 Å². The molecule has 1 unspecified atom stereocenters. The van der Waals surface area contributed by atoms with Crippen molar-refractivity contribution in [2.45, 2.75) is 38.1 Å². The molecule has 21 heavy (non-hydrogen) atoms. The fraction of sp³-hybridized carbons (Fsp3) is 0.533. The van der Waals surface area contributed by atoms with E-state index in [9.17, 15) is 14.7 Å². The van der Waals surface area contributed by atoms with Crippen LogP contribution in [-0.4, -0.2) is 45.6 Å². The molecule has 2 amide bonds. The molecule has 2 heterocycles. The first-order valence-electron chi connectivity index (χ1n) is 7.28. The number of amides is 2. The number of hydrogen-bond donors (Lipinski definition) is 2. The Kier molecular flexibility index (Phi) is 4.77. The van der Waals surface area contributed by atoms with Gasteiger partial charge in [-0.3, -0.25) is 4.98 Å². The zero-order valence-electron chi connectivity index (χ0n) is 12.2. The summed E-state index contributed by atoms with van der Waals surface area (Å²) < 4.78 is 0. The average Bonchev–Trinajstić information content (AvgIpc) is 2.93. The highest BCUT2D eigenvalue weighted by Crippen LogP contribution is 2.32. The highest BCUT2D eigenvalue weighted by Gasteiger charge is 2.48. The SMILES string of the molecule is CCC1(C(=O)O)CCCN1C(=O)NCCc1ccncc1. The van der Waals surface area contributed by atoms with Gasteiger partial charge in [0.2, 0.25) is 0 Å². The van der Waals surface area contributed by atoms with Crippen LogP contribution in [0.4, 0.5) is 4.79 Å². The van der Waals surface area contributed by atoms with Gasteiger partial charge in [0.15, 0.2) is 0 Å². The monoisotopic (exact) mass is 291 g/mol. The minimum Gasteiger partial charge on any atom is -0.479 e. The number of hydrogen-bond acceptors (Lipinski definition) is 3. The van der Waals surface area contributed by atoms with Gasteiger partial charge in [-0.15, -0.1) is 0 Å². The number of urea groups is 1. The molecule has 1 aromatic heterocycles. The highest BCUT2D eigenvalue weighted by atomic mass is 16.4. The fourth-order valence-corrected chi connectivity index (χ4v) is 2.87. The number of pyridine rings is 1. The summed E-state index contributed by atoms with van der Waals surface area (Å²) in [5.41, 5.74) is 0.0486. The molecule has 0 radical (unpaired) electrons. The predicted octanol–water partition coefficient (Wildman–Crippen LogP) is 1.66. The molecule has 0 spiro atoms. The summed E-state index contributed by atoms with van der Waals surface area (Å²) in [6.45, 7) is 2.80. The molecule has 1 aromatic rings. The Labute approximate surface area is 124 Å². The molecule has 0 aliphatic carbocycles. The van der Waals surface area contributed by atoms with Crippen molar-refractivity contribution in [3.8, 4) is 0 Å². The molecule has 1 fully saturated rings. The van der Waals surface area contributed by atoms with Crippen molar-refractivity contribution in [1.29, 1.82) is 0 Å². The lowest BCUT2D eigenvalue weighted by molar-refractivity contribution is -0.148. The predicted molar refractivity (Wildman–Crippen MR) is 77.9 cm³/mol. The van der Waals surface area contributed by atoms with Crippen LogP contribution in [0.25, 0.3) is 0 Å². The number of carbonyl (C=O) groups is 2. The third-order valence-electron chi connectivity index (χ3n) is 4.16. The van der Waals surface area contributed by atoms with Crippen LogP contribution in [0.3, 0.4) is 0 Å². The number of aromatic nitrogens is 1. The molecular formula is C15H21N3O3. The van der Waals surface area contributed by atoms with Crippen LogP contribution in [0.1, 0.15) is 31.7 Å². The lowest BCUT2D eigenvalue weighted by Crippen LogP contribution is -2.55. The van der Waals surface area contributed by atoms with Crippen molar-refractivity contribution in [2.24, 2.45) is 0 Å². The van der Waals surface area contributed by atoms with E-state index in [1.54, 1.807) is 12.4 Å². The van der Waals surface area contributed by atoms with Crippen molar-refractivity contribution in [2.75, 3.05) is 13.1 Å². The molecule has 114 valence electrons. The quantitative estimate of drug-likeness (QED) is 0.864. The van der Waals surface area contributed by atoms with Crippen molar-refractivity contribution in [3.05, 3.63) is 30.1 Å². The largest absolute Gasteiger partial charge is 0.479 e. The fourth-order valence-electron chi connectivity index (χ4n) is 2.87. The molecule has 0 aromatic carbocycles. The summed E-state index contributed by atoms with van der Waals surface area (Å²) in [7, 11) is 0. The van der Waals surface area contributed by atoms with Crippen LogP contribution in [-0.2, 0) is 11.2 Å². The molecule has 1 aliphatic rings. The van der Waals surface area contributed by atoms with Crippen molar-refractivity contribution in [1.82, 2.24) is 15.2 Å². The second kappa shape index (κ2) is 6.56. The van der Waals surface area contributed by atoms with Gasteiger partial charge in [-0.05, 0) is 43.4 Å². The number of carboxylic acids is 1. The standard InChI is InChI=1S/C15H21N3O3/c1-2-15(13(19)20)7-3-11-18(15)14(21)17-10-6-12-4-8-16-9-5-12/h4-5,8-9H,2-3,6-7,10-11H2,1H3,(H,17,21)(H,19,20). The molecule has 1 saturated heterocycles. The Balaban J connectivity index is 1.92. The molecule has 6 nitrogen and oxygen atoms in total. The molecule has 2 N–H and O–H groups in total. The number of aliphatic carboxylic acids is 1. The molecule has 2 rings (SSSR count). The Morgan fingerprint density at radius 1 is 1.43 bits per heavy atom. The van der Waals surface area contributed by atoms with Crippen LogP contribution in [0.2, 0.25) is 0 Å². The summed E-state index contributed by atoms with van der Waals surface area (Å²) in [5.74, 6) is -0.910. The lowest BCUT2D eigenvalue weighted by Gasteiger charge is -2.33. The van der Waals surface area contributed by atoms with E-state index in [1.165, 1.54) is 4.90 Å². The van der Waals surface area contributed by atoms with E-state index in [2.05, 4.69) is 10.3 Å². The second-order valence-electron chi connectivity index (χ2n) is 5.28. The maximum atomic E-state index is 12.3. The minimum absolute atomic E-state index is 0.286. The van der Waals surface area contributed by atoms with E-state index in [4.69, 9.17) is 0 Å². The first kappa shape index (κ1) is 15.3. The van der Waals surface area contributed by atoms with Gasteiger partial charge in [-0.25, -0.2) is 9.59 Å². The van der Waals surface area contributed by atoms with Gasteiger partial charge in [0.1, 0.15) is 5.54 Å². The van der Waals surface area contributed by atoms with E-state index in [0.29, 0.717) is 32.4 Å². The first-order chi connectivity index (χ1) is 10.1. The Morgan fingerprint density at radius 2 is 2.14 bits per heavy atom. The van der Waals surface area contributed by atoms with Gasteiger partial charge in [0.05, 0.1) is 0 Å². The van der Waals surface area contributed by atoms with Gasteiger partial charge >= 0.3 is 12.0 Å². The Bertz CT molecular complexity index is 506. The molecule has 1 aliphatic heterocycles. The van der Waals surface area contributed by atoms with Crippen LogP contribution in [0, 0.1) is 0 Å². The topological polar surface area (TPSA) is 82.5 Å². The normalized spacial score (nSPS) is 21.3. The van der Waals surface area contributed by atoms with Gasteiger partial charge in [-0.2, -0.15) is 0 Å². The third-order valence-corrected chi connectivity index (χ3v) is 4.16. The summed E-state index contributed by atoms with van der Waals surface area (Å²) in [4.78, 5) is 29.2. The Morgan fingerprint density at radius 3 is 2.76 bits per heavy atom. The average molecular weight is 291 g/mol. The number of nitrogens with zero attached hydrogens (tertiary/aromatic N) is 2. The molecule has 1 atom stereocenters. The summed E-state index contributed by atoms with van der Waals surface area (Å²) >= 11 is 0. The van der Waals surface area contributed by atoms with Gasteiger partial charge in [-0.1, -0.05) is 6.92 Å². The highest BCUT2D eigenvalue weighted by molar-refractivity contribution is 5.87. The van der Waals surface area contributed by atoms with Gasteiger partial charge < -0.3 is 15.3 Å². The second-order valence-corrected chi connectivity index (χ2v) is 5.28. The van der Waals surface area contributed by atoms with E-state index in [-0.39, 0.29) is 6.03 Å². The summed E-state index contributed by atoms with van der Waals surface area (Å²) in [6, 6.07) is 3.51. The van der Waals surface area contributed by atoms with Crippen LogP contribution in [0.15, 0.2) is 24.5 Å². The minimum atomic E-state index is -1.04. The smallest absolute Gasteiger partial charge is 0.329 e. The zero-order valence-corrected chi connectivity index (χ0v) is 12.2. The summed E-state index contributed by atoms with van der Waals surface area (Å²) in [5, 5.41) is 12.3. The van der Waals surface area contributed by atoms with Crippen LogP contribution in [0.5, 0.6) is 0 Å². The Hall–Kier alpha value is -2.11. The number of likely N-dealkylation sites (tertiary alicyclic amines) is 1. The maximum absolute atomic E-state index is 12.3. The van der Waals surface area contributed by atoms with E-state index >= 15 is 0 Å². The van der Waals surface area contributed by atoms with Crippen molar-refractivity contribution >= 4 is 12.0 Å². The summed E-state index contributed by atoms with van der Waals surface area (Å²) in [6.07, 6.45) is 5.82. The molecular weight excluding hydrogens is 270 g/mol. The van der Waals surface area contributed by atoms with Gasteiger partial charge in [0.25, 0.3) is 0 Å². The molecule has 6 heteroatoms. The van der Waals surface area contributed by atoms with E-state index < -0.39 is 11.5 Å². The first-order valence-corrected chi connectivity index (χ1v) is 7.28. The maximum Gasteiger partial charge on any atom is 0.329 e.